The van der Waals surface area contributed by atoms with Crippen LogP contribution in [0, 0.1) is 11.3 Å². The lowest BCUT2D eigenvalue weighted by Crippen LogP contribution is -2.46. The maximum atomic E-state index is 12.7. The van der Waals surface area contributed by atoms with Gasteiger partial charge in [-0.1, -0.05) is 5.21 Å². The molecule has 11 heteroatoms. The molecule has 0 aliphatic carbocycles. The van der Waals surface area contributed by atoms with Gasteiger partial charge in [0.1, 0.15) is 11.6 Å². The predicted molar refractivity (Wildman–Crippen MR) is 125 cm³/mol. The summed E-state index contributed by atoms with van der Waals surface area (Å²) in [4.78, 5) is 36.6. The molecule has 0 radical (unpaired) electrons. The number of primary amides is 1. The Labute approximate surface area is 197 Å². The van der Waals surface area contributed by atoms with E-state index in [1.165, 1.54) is 12.4 Å². The van der Waals surface area contributed by atoms with Crippen LogP contribution in [0.2, 0.25) is 0 Å². The quantitative estimate of drug-likeness (QED) is 0.496. The van der Waals surface area contributed by atoms with Crippen LogP contribution in [0.4, 0.5) is 5.95 Å². The maximum absolute atomic E-state index is 12.7. The molecule has 0 unspecified atom stereocenters. The number of hydrogen-bond donors (Lipinski definition) is 1. The number of aryl methyl sites for hydroxylation is 1. The molecule has 11 nitrogen and oxygen atoms in total. The zero-order chi connectivity index (χ0) is 24.1. The smallest absolute Gasteiger partial charge is 0.248 e. The first kappa shape index (κ1) is 23.1. The zero-order valence-corrected chi connectivity index (χ0v) is 19.1. The Morgan fingerprint density at radius 2 is 1.94 bits per heavy atom. The van der Waals surface area contributed by atoms with E-state index in [9.17, 15) is 9.59 Å². The Morgan fingerprint density at radius 3 is 2.62 bits per heavy atom. The molecule has 1 aliphatic heterocycles. The molecule has 2 aromatic heterocycles. The monoisotopic (exact) mass is 461 g/mol. The number of anilines is 1. The third kappa shape index (κ3) is 5.11. The Kier molecular flexibility index (Phi) is 6.96. The normalized spacial score (nSPS) is 14.2. The van der Waals surface area contributed by atoms with E-state index in [0.29, 0.717) is 35.6 Å². The largest absolute Gasteiger partial charge is 0.366 e. The summed E-state index contributed by atoms with van der Waals surface area (Å²) in [6, 6.07) is 7.28. The summed E-state index contributed by atoms with van der Waals surface area (Å²) in [5, 5.41) is 17.1. The number of fused-ring (bicyclic) bond motifs is 1. The first-order chi connectivity index (χ1) is 16.5. The highest BCUT2D eigenvalue weighted by Crippen LogP contribution is 2.20. The molecule has 176 valence electrons. The summed E-state index contributed by atoms with van der Waals surface area (Å²) in [7, 11) is 1.87. The highest BCUT2D eigenvalue weighted by atomic mass is 16.2. The van der Waals surface area contributed by atoms with Crippen LogP contribution >= 0.6 is 0 Å². The summed E-state index contributed by atoms with van der Waals surface area (Å²) in [5.74, 6) is 0.265. The second kappa shape index (κ2) is 10.2. The van der Waals surface area contributed by atoms with Crippen LogP contribution in [0.3, 0.4) is 0 Å². The number of hydrogen-bond acceptors (Lipinski definition) is 8. The Hall–Kier alpha value is -4.07. The number of piperidine rings is 1. The highest BCUT2D eigenvalue weighted by molar-refractivity contribution is 5.96. The van der Waals surface area contributed by atoms with Gasteiger partial charge in [0.2, 0.25) is 17.8 Å². The molecule has 1 fully saturated rings. The molecule has 0 atom stereocenters. The summed E-state index contributed by atoms with van der Waals surface area (Å²) in [6.07, 6.45) is 6.73. The molecule has 34 heavy (non-hydrogen) atoms. The molecule has 0 bridgehead atoms. The van der Waals surface area contributed by atoms with E-state index < -0.39 is 5.91 Å². The van der Waals surface area contributed by atoms with Gasteiger partial charge in [0.05, 0.1) is 23.5 Å². The Morgan fingerprint density at radius 1 is 1.21 bits per heavy atom. The minimum atomic E-state index is -0.487. The van der Waals surface area contributed by atoms with Crippen molar-refractivity contribution in [2.24, 2.45) is 5.73 Å². The zero-order valence-electron chi connectivity index (χ0n) is 19.1. The summed E-state index contributed by atoms with van der Waals surface area (Å²) in [6.45, 7) is 2.14. The number of carbonyl (C=O) groups excluding carboxylic acids is 2. The van der Waals surface area contributed by atoms with Crippen molar-refractivity contribution in [3.05, 3.63) is 41.7 Å². The molecule has 0 spiro atoms. The number of nitriles is 1. The fraction of sp³-hybridized carbons (Fsp3) is 0.435. The first-order valence-electron chi connectivity index (χ1n) is 11.3. The van der Waals surface area contributed by atoms with Gasteiger partial charge in [-0.15, -0.1) is 5.10 Å². The number of rotatable bonds is 8. The second-order valence-electron chi connectivity index (χ2n) is 8.44. The van der Waals surface area contributed by atoms with Gasteiger partial charge < -0.3 is 15.5 Å². The number of nitrogens with two attached hydrogens (primary N) is 1. The van der Waals surface area contributed by atoms with Crippen LogP contribution in [0.15, 0.2) is 30.6 Å². The maximum Gasteiger partial charge on any atom is 0.248 e. The molecule has 3 heterocycles. The van der Waals surface area contributed by atoms with Crippen molar-refractivity contribution in [2.75, 3.05) is 25.0 Å². The minimum Gasteiger partial charge on any atom is -0.366 e. The molecule has 0 saturated carbocycles. The van der Waals surface area contributed by atoms with Crippen LogP contribution in [-0.2, 0) is 11.3 Å². The van der Waals surface area contributed by atoms with E-state index in [1.807, 2.05) is 18.0 Å². The molecule has 1 aliphatic rings. The molecule has 4 rings (SSSR count). The minimum absolute atomic E-state index is 0.132. The molecule has 1 saturated heterocycles. The van der Waals surface area contributed by atoms with Gasteiger partial charge in [-0.2, -0.15) is 5.26 Å². The number of benzene rings is 1. The number of unbranched alkanes of at least 4 members (excludes halogenated alkanes) is 1. The third-order valence-electron chi connectivity index (χ3n) is 6.26. The van der Waals surface area contributed by atoms with E-state index >= 15 is 0 Å². The van der Waals surface area contributed by atoms with E-state index in [2.05, 4.69) is 25.2 Å². The molecular formula is C23H27N9O2. The van der Waals surface area contributed by atoms with Gasteiger partial charge in [-0.05, 0) is 43.9 Å². The van der Waals surface area contributed by atoms with E-state index in [1.54, 1.807) is 22.9 Å². The van der Waals surface area contributed by atoms with Crippen molar-refractivity contribution in [2.45, 2.75) is 44.7 Å². The molecular weight excluding hydrogens is 434 g/mol. The van der Waals surface area contributed by atoms with Crippen molar-refractivity contribution >= 4 is 28.8 Å². The number of aromatic nitrogens is 5. The van der Waals surface area contributed by atoms with Gasteiger partial charge >= 0.3 is 0 Å². The van der Waals surface area contributed by atoms with Gasteiger partial charge in [0, 0.05) is 44.7 Å². The lowest BCUT2D eigenvalue weighted by atomic mass is 10.0. The van der Waals surface area contributed by atoms with Crippen molar-refractivity contribution < 1.29 is 9.59 Å². The summed E-state index contributed by atoms with van der Waals surface area (Å²) >= 11 is 0. The van der Waals surface area contributed by atoms with Gasteiger partial charge in [0.15, 0.2) is 0 Å². The predicted octanol–water partition coefficient (Wildman–Crippen LogP) is 1.49. The number of nitrogens with zero attached hydrogens (tertiary/aromatic N) is 8. The lowest BCUT2D eigenvalue weighted by molar-refractivity contribution is -0.132. The molecule has 3 aromatic rings. The number of amides is 2. The average molecular weight is 462 g/mol. The summed E-state index contributed by atoms with van der Waals surface area (Å²) in [5.41, 5.74) is 7.70. The van der Waals surface area contributed by atoms with Crippen LogP contribution in [0.5, 0.6) is 0 Å². The molecule has 2 N–H and O–H groups in total. The van der Waals surface area contributed by atoms with Crippen LogP contribution in [0.1, 0.15) is 48.0 Å². The van der Waals surface area contributed by atoms with Crippen molar-refractivity contribution in [1.82, 2.24) is 29.9 Å². The van der Waals surface area contributed by atoms with E-state index in [-0.39, 0.29) is 11.9 Å². The Balaban J connectivity index is 1.22. The van der Waals surface area contributed by atoms with Crippen molar-refractivity contribution in [3.63, 3.8) is 0 Å². The van der Waals surface area contributed by atoms with Crippen molar-refractivity contribution in [1.29, 1.82) is 5.26 Å². The average Bonchev–Trinajstić information content (AvgIpc) is 3.28. The fourth-order valence-corrected chi connectivity index (χ4v) is 4.20. The topological polar surface area (TPSA) is 147 Å². The van der Waals surface area contributed by atoms with Gasteiger partial charge in [-0.3, -0.25) is 9.59 Å². The lowest BCUT2D eigenvalue weighted by Gasteiger charge is -2.36. The highest BCUT2D eigenvalue weighted by Gasteiger charge is 2.26. The van der Waals surface area contributed by atoms with Gasteiger partial charge in [-0.25, -0.2) is 14.6 Å². The second-order valence-corrected chi connectivity index (χ2v) is 8.44. The van der Waals surface area contributed by atoms with Crippen LogP contribution < -0.4 is 10.6 Å². The fourth-order valence-electron chi connectivity index (χ4n) is 4.20. The summed E-state index contributed by atoms with van der Waals surface area (Å²) < 4.78 is 1.75. The number of carbonyl (C=O) groups is 2. The molecule has 1 aromatic carbocycles. The van der Waals surface area contributed by atoms with Crippen LogP contribution in [0.25, 0.3) is 11.0 Å². The molecule has 2 amide bonds. The van der Waals surface area contributed by atoms with Crippen molar-refractivity contribution in [3.8, 4) is 6.07 Å². The van der Waals surface area contributed by atoms with E-state index in [4.69, 9.17) is 11.0 Å². The van der Waals surface area contributed by atoms with Crippen LogP contribution in [-0.4, -0.2) is 67.9 Å². The Bertz CT molecular complexity index is 1210. The third-order valence-corrected chi connectivity index (χ3v) is 6.26. The SMILES string of the molecule is CN(C(=O)CCCCn1nnc2ccc(C(N)=O)cc21)C1CCN(c2ncc(C#N)cn2)CC1. The van der Waals surface area contributed by atoms with E-state index in [0.717, 1.165) is 44.3 Å². The first-order valence-corrected chi connectivity index (χ1v) is 11.3. The van der Waals surface area contributed by atoms with Gasteiger partial charge in [0.25, 0.3) is 0 Å². The standard InChI is InChI=1S/C23H27N9O2/c1-30(18-7-10-31(11-8-18)23-26-14-16(13-24)15-27-23)21(33)4-2-3-9-32-20-12-17(22(25)34)5-6-19(20)28-29-32/h5-6,12,14-15,18H,2-4,7-11H2,1H3,(H2,25,34).